The molecule has 0 spiro atoms. The molecule has 1 aliphatic carbocycles. The molecule has 172 valence electrons. The van der Waals surface area contributed by atoms with Crippen LogP contribution >= 0.6 is 11.6 Å². The number of anilines is 1. The second-order valence-corrected chi connectivity index (χ2v) is 10.0. The average Bonchev–Trinajstić information content (AvgIpc) is 3.48. The molecule has 0 bridgehead atoms. The van der Waals surface area contributed by atoms with Gasteiger partial charge in [0.25, 0.3) is 5.89 Å². The number of benzene rings is 1. The first-order chi connectivity index (χ1) is 15.6. The highest BCUT2D eigenvalue weighted by molar-refractivity contribution is 6.31. The molecular weight excluding hydrogens is 440 g/mol. The highest BCUT2D eigenvalue weighted by atomic mass is 35.5. The molecule has 0 unspecified atom stereocenters. The van der Waals surface area contributed by atoms with Crippen LogP contribution in [0.5, 0.6) is 0 Å². The van der Waals surface area contributed by atoms with Gasteiger partial charge in [0.05, 0.1) is 0 Å². The molecule has 8 heteroatoms. The van der Waals surface area contributed by atoms with Crippen molar-refractivity contribution < 1.29 is 14.1 Å². The Labute approximate surface area is 197 Å². The van der Waals surface area contributed by atoms with Gasteiger partial charge in [0.15, 0.2) is 5.82 Å². The standard InChI is InChI=1S/C25H27ClN4O3/c1-14(11-20(31)23-29-24(30-33-23)25(2,3)4)18-8-7-16(12-19(18)26)17-9-10-27-21(13-17)28-22(32)15-5-6-15/h7-10,12-15H,5-6,11H2,1-4H3,(H,27,28,32)/t14-/m0/s1. The maximum atomic E-state index is 12.7. The van der Waals surface area contributed by atoms with E-state index in [4.69, 9.17) is 16.1 Å². The van der Waals surface area contributed by atoms with Crippen molar-refractivity contribution in [2.45, 2.75) is 58.3 Å². The average molecular weight is 467 g/mol. The van der Waals surface area contributed by atoms with Gasteiger partial charge < -0.3 is 9.84 Å². The van der Waals surface area contributed by atoms with E-state index in [9.17, 15) is 9.59 Å². The summed E-state index contributed by atoms with van der Waals surface area (Å²) in [4.78, 5) is 33.2. The first-order valence-electron chi connectivity index (χ1n) is 11.1. The van der Waals surface area contributed by atoms with E-state index in [1.54, 1.807) is 6.20 Å². The van der Waals surface area contributed by atoms with Gasteiger partial charge in [-0.1, -0.05) is 56.6 Å². The number of amides is 1. The van der Waals surface area contributed by atoms with Crippen LogP contribution in [0.2, 0.25) is 5.02 Å². The molecule has 1 fully saturated rings. The Morgan fingerprint density at radius 3 is 2.55 bits per heavy atom. The van der Waals surface area contributed by atoms with Crippen molar-refractivity contribution in [1.29, 1.82) is 0 Å². The molecule has 1 saturated carbocycles. The van der Waals surface area contributed by atoms with E-state index in [1.807, 2.05) is 58.0 Å². The number of aromatic nitrogens is 3. The molecule has 33 heavy (non-hydrogen) atoms. The molecule has 4 rings (SSSR count). The zero-order valence-corrected chi connectivity index (χ0v) is 19.9. The van der Waals surface area contributed by atoms with Gasteiger partial charge in [-0.05, 0) is 53.6 Å². The second-order valence-electron chi connectivity index (χ2n) is 9.63. The van der Waals surface area contributed by atoms with Gasteiger partial charge in [-0.25, -0.2) is 4.98 Å². The van der Waals surface area contributed by atoms with Crippen LogP contribution in [0.4, 0.5) is 5.82 Å². The van der Waals surface area contributed by atoms with Crippen molar-refractivity contribution in [3.05, 3.63) is 58.8 Å². The Balaban J connectivity index is 1.46. The highest BCUT2D eigenvalue weighted by Crippen LogP contribution is 2.33. The molecule has 0 radical (unpaired) electrons. The summed E-state index contributed by atoms with van der Waals surface area (Å²) in [6, 6.07) is 9.44. The van der Waals surface area contributed by atoms with E-state index in [0.717, 1.165) is 29.5 Å². The monoisotopic (exact) mass is 466 g/mol. The minimum absolute atomic E-state index is 0.0161. The number of ketones is 1. The quantitative estimate of drug-likeness (QED) is 0.441. The fourth-order valence-corrected chi connectivity index (χ4v) is 3.84. The molecule has 3 aromatic rings. The normalized spacial score (nSPS) is 14.7. The Morgan fingerprint density at radius 2 is 1.91 bits per heavy atom. The molecule has 1 amide bonds. The van der Waals surface area contributed by atoms with E-state index in [2.05, 4.69) is 20.4 Å². The van der Waals surface area contributed by atoms with Crippen LogP contribution in [0.1, 0.15) is 74.9 Å². The fraction of sp³-hybridized carbons (Fsp3) is 0.400. The van der Waals surface area contributed by atoms with Gasteiger partial charge in [0.2, 0.25) is 11.7 Å². The molecule has 1 aromatic carbocycles. The number of hydrogen-bond donors (Lipinski definition) is 1. The summed E-state index contributed by atoms with van der Waals surface area (Å²) >= 11 is 6.59. The number of nitrogens with one attached hydrogen (secondary N) is 1. The Hall–Kier alpha value is -3.06. The van der Waals surface area contributed by atoms with Crippen LogP contribution < -0.4 is 5.32 Å². The highest BCUT2D eigenvalue weighted by Gasteiger charge is 2.30. The zero-order valence-electron chi connectivity index (χ0n) is 19.2. The number of hydrogen-bond acceptors (Lipinski definition) is 6. The summed E-state index contributed by atoms with van der Waals surface area (Å²) in [5.41, 5.74) is 2.37. The van der Waals surface area contributed by atoms with Gasteiger partial charge in [-0.2, -0.15) is 4.98 Å². The van der Waals surface area contributed by atoms with Gasteiger partial charge in [0, 0.05) is 29.0 Å². The van der Waals surface area contributed by atoms with Crippen LogP contribution in [0.25, 0.3) is 11.1 Å². The van der Waals surface area contributed by atoms with E-state index in [1.165, 1.54) is 0 Å². The third kappa shape index (κ3) is 5.47. The largest absolute Gasteiger partial charge is 0.331 e. The fourth-order valence-electron chi connectivity index (χ4n) is 3.48. The van der Waals surface area contributed by atoms with Crippen molar-refractivity contribution in [2.75, 3.05) is 5.32 Å². The van der Waals surface area contributed by atoms with Crippen LogP contribution in [-0.2, 0) is 10.2 Å². The van der Waals surface area contributed by atoms with Crippen molar-refractivity contribution in [1.82, 2.24) is 15.1 Å². The number of pyridine rings is 1. The predicted octanol–water partition coefficient (Wildman–Crippen LogP) is 5.81. The number of carbonyl (C=O) groups excluding carboxylic acids is 2. The summed E-state index contributed by atoms with van der Waals surface area (Å²) in [7, 11) is 0. The molecule has 1 atom stereocenters. The summed E-state index contributed by atoms with van der Waals surface area (Å²) in [6.07, 6.45) is 3.75. The van der Waals surface area contributed by atoms with E-state index in [0.29, 0.717) is 16.7 Å². The zero-order chi connectivity index (χ0) is 23.8. The van der Waals surface area contributed by atoms with Gasteiger partial charge >= 0.3 is 0 Å². The minimum Gasteiger partial charge on any atom is -0.331 e. The number of halogens is 1. The third-order valence-electron chi connectivity index (χ3n) is 5.65. The Kier molecular flexibility index (Phi) is 6.34. The van der Waals surface area contributed by atoms with Crippen LogP contribution in [-0.4, -0.2) is 26.8 Å². The maximum absolute atomic E-state index is 12.7. The Morgan fingerprint density at radius 1 is 1.18 bits per heavy atom. The van der Waals surface area contributed by atoms with E-state index < -0.39 is 0 Å². The van der Waals surface area contributed by atoms with Crippen LogP contribution in [0.3, 0.4) is 0 Å². The van der Waals surface area contributed by atoms with Gasteiger partial charge in [0.1, 0.15) is 5.82 Å². The van der Waals surface area contributed by atoms with Gasteiger partial charge in [-0.3, -0.25) is 9.59 Å². The number of rotatable bonds is 7. The topological polar surface area (TPSA) is 98.0 Å². The molecular formula is C25H27ClN4O3. The SMILES string of the molecule is C[C@@H](CC(=O)c1nc(C(C)(C)C)no1)c1ccc(-c2ccnc(NC(=O)C3CC3)c2)cc1Cl. The first-order valence-corrected chi connectivity index (χ1v) is 11.4. The smallest absolute Gasteiger partial charge is 0.294 e. The molecule has 0 saturated heterocycles. The lowest BCUT2D eigenvalue weighted by Gasteiger charge is -2.14. The van der Waals surface area contributed by atoms with Crippen molar-refractivity contribution in [3.8, 4) is 11.1 Å². The summed E-state index contributed by atoms with van der Waals surface area (Å²) in [5, 5.41) is 7.35. The van der Waals surface area contributed by atoms with Gasteiger partial charge in [-0.15, -0.1) is 0 Å². The molecule has 1 aliphatic rings. The molecule has 0 aliphatic heterocycles. The molecule has 1 N–H and O–H groups in total. The van der Waals surface area contributed by atoms with Crippen molar-refractivity contribution in [3.63, 3.8) is 0 Å². The predicted molar refractivity (Wildman–Crippen MR) is 126 cm³/mol. The van der Waals surface area contributed by atoms with E-state index >= 15 is 0 Å². The third-order valence-corrected chi connectivity index (χ3v) is 5.98. The lowest BCUT2D eigenvalue weighted by Crippen LogP contribution is -2.14. The first kappa shape index (κ1) is 23.1. The second kappa shape index (κ2) is 9.06. The summed E-state index contributed by atoms with van der Waals surface area (Å²) < 4.78 is 5.17. The van der Waals surface area contributed by atoms with Crippen LogP contribution in [0.15, 0.2) is 41.1 Å². The lowest BCUT2D eigenvalue weighted by atomic mass is 9.93. The minimum atomic E-state index is -0.291. The number of Topliss-reactive ketones (excluding diaryl/α,β-unsaturated/α-hetero) is 1. The molecule has 2 heterocycles. The van der Waals surface area contributed by atoms with Crippen LogP contribution in [0, 0.1) is 5.92 Å². The molecule has 2 aromatic heterocycles. The summed E-state index contributed by atoms with van der Waals surface area (Å²) in [6.45, 7) is 7.83. The maximum Gasteiger partial charge on any atom is 0.294 e. The lowest BCUT2D eigenvalue weighted by molar-refractivity contribution is -0.117. The van der Waals surface area contributed by atoms with E-state index in [-0.39, 0.29) is 41.3 Å². The number of nitrogens with zero attached hydrogens (tertiary/aromatic N) is 3. The van der Waals surface area contributed by atoms with Crippen molar-refractivity contribution in [2.24, 2.45) is 5.92 Å². The Bertz CT molecular complexity index is 1190. The molecule has 7 nitrogen and oxygen atoms in total. The number of carbonyl (C=O) groups is 2. The van der Waals surface area contributed by atoms with Crippen molar-refractivity contribution >= 4 is 29.1 Å². The summed E-state index contributed by atoms with van der Waals surface area (Å²) in [5.74, 6) is 0.842.